The number of carbonyl (C=O) groups is 1. The number of carboxylic acid groups (broad SMARTS) is 1. The molecule has 1 aromatic heterocycles. The lowest BCUT2D eigenvalue weighted by Gasteiger charge is -2.03. The van der Waals surface area contributed by atoms with Crippen molar-refractivity contribution in [3.05, 3.63) is 48.0 Å². The van der Waals surface area contributed by atoms with Crippen molar-refractivity contribution in [1.82, 2.24) is 8.96 Å². The maximum Gasteiger partial charge on any atom is 0.320 e. The van der Waals surface area contributed by atoms with E-state index >= 15 is 0 Å². The van der Waals surface area contributed by atoms with Crippen molar-refractivity contribution < 1.29 is 14.1 Å². The lowest BCUT2D eigenvalue weighted by atomic mass is 10.2. The standard InChI is InChI=1S/C13H15N3O3S/c1-9-2-4-11(5-3-9)20(19)16-7-10(15-8-16)6-12(14)13(17)18/h2-5,7-8,12H,6,14H2,1H3,(H,17,18). The van der Waals surface area contributed by atoms with Gasteiger partial charge in [0.05, 0.1) is 10.6 Å². The summed E-state index contributed by atoms with van der Waals surface area (Å²) in [6, 6.07) is 6.32. The number of nitrogens with two attached hydrogens (primary N) is 1. The third kappa shape index (κ3) is 3.31. The Bertz CT molecular complexity index is 637. The summed E-state index contributed by atoms with van der Waals surface area (Å²) in [7, 11) is -1.39. The summed E-state index contributed by atoms with van der Waals surface area (Å²) in [6.07, 6.45) is 3.08. The molecule has 2 rings (SSSR count). The van der Waals surface area contributed by atoms with Crippen molar-refractivity contribution in [3.8, 4) is 0 Å². The van der Waals surface area contributed by atoms with E-state index in [1.54, 1.807) is 18.3 Å². The first-order chi connectivity index (χ1) is 9.47. The molecular weight excluding hydrogens is 278 g/mol. The second-order valence-electron chi connectivity index (χ2n) is 4.44. The SMILES string of the molecule is Cc1ccc(S(=O)n2cnc(CC(N)C(=O)O)c2)cc1. The Hall–Kier alpha value is -1.99. The van der Waals surface area contributed by atoms with Gasteiger partial charge in [-0.1, -0.05) is 17.7 Å². The summed E-state index contributed by atoms with van der Waals surface area (Å²) in [6.45, 7) is 1.95. The van der Waals surface area contributed by atoms with E-state index in [0.29, 0.717) is 10.6 Å². The predicted molar refractivity (Wildman–Crippen MR) is 74.5 cm³/mol. The van der Waals surface area contributed by atoms with E-state index in [9.17, 15) is 9.00 Å². The first-order valence-electron chi connectivity index (χ1n) is 5.97. The van der Waals surface area contributed by atoms with Gasteiger partial charge in [0.15, 0.2) is 11.0 Å². The van der Waals surface area contributed by atoms with Gasteiger partial charge in [-0.2, -0.15) is 0 Å². The first-order valence-corrected chi connectivity index (χ1v) is 7.08. The Kier molecular flexibility index (Phi) is 4.31. The first kappa shape index (κ1) is 14.4. The molecule has 0 amide bonds. The van der Waals surface area contributed by atoms with Crippen LogP contribution < -0.4 is 5.73 Å². The zero-order chi connectivity index (χ0) is 14.7. The molecule has 6 nitrogen and oxygen atoms in total. The van der Waals surface area contributed by atoms with Crippen LogP contribution in [0, 0.1) is 6.92 Å². The van der Waals surface area contributed by atoms with Crippen LogP contribution >= 0.6 is 0 Å². The molecule has 0 saturated heterocycles. The molecule has 3 N–H and O–H groups in total. The largest absolute Gasteiger partial charge is 0.480 e. The minimum atomic E-state index is -1.39. The minimum Gasteiger partial charge on any atom is -0.480 e. The van der Waals surface area contributed by atoms with E-state index < -0.39 is 23.0 Å². The number of aliphatic carboxylic acids is 1. The van der Waals surface area contributed by atoms with Gasteiger partial charge in [0.25, 0.3) is 0 Å². The fourth-order valence-corrected chi connectivity index (χ4v) is 2.59. The van der Waals surface area contributed by atoms with E-state index in [2.05, 4.69) is 4.98 Å². The maximum absolute atomic E-state index is 12.3. The van der Waals surface area contributed by atoms with Gasteiger partial charge >= 0.3 is 5.97 Å². The Morgan fingerprint density at radius 2 is 2.10 bits per heavy atom. The second-order valence-corrected chi connectivity index (χ2v) is 5.83. The van der Waals surface area contributed by atoms with Crippen LogP contribution in [0.1, 0.15) is 11.3 Å². The highest BCUT2D eigenvalue weighted by atomic mass is 32.2. The van der Waals surface area contributed by atoms with E-state index in [1.165, 1.54) is 10.3 Å². The van der Waals surface area contributed by atoms with Crippen molar-refractivity contribution in [2.75, 3.05) is 0 Å². The molecule has 2 unspecified atom stereocenters. The molecule has 1 aromatic carbocycles. The average molecular weight is 293 g/mol. The third-order valence-electron chi connectivity index (χ3n) is 2.77. The normalized spacial score (nSPS) is 13.9. The summed E-state index contributed by atoms with van der Waals surface area (Å²) in [5, 5.41) is 8.74. The van der Waals surface area contributed by atoms with Gasteiger partial charge in [0, 0.05) is 12.6 Å². The molecule has 2 atom stereocenters. The van der Waals surface area contributed by atoms with Crippen molar-refractivity contribution in [2.45, 2.75) is 24.3 Å². The number of nitrogens with zero attached hydrogens (tertiary/aromatic N) is 2. The Morgan fingerprint density at radius 1 is 1.45 bits per heavy atom. The predicted octanol–water partition coefficient (Wildman–Crippen LogP) is 0.717. The molecule has 0 fully saturated rings. The number of aryl methyl sites for hydroxylation is 1. The van der Waals surface area contributed by atoms with Crippen LogP contribution in [-0.4, -0.2) is 30.3 Å². The number of aromatic nitrogens is 2. The topological polar surface area (TPSA) is 98.2 Å². The Balaban J connectivity index is 2.14. The highest BCUT2D eigenvalue weighted by Gasteiger charge is 2.15. The van der Waals surface area contributed by atoms with Crippen LogP contribution in [0.4, 0.5) is 0 Å². The Labute approximate surface area is 118 Å². The van der Waals surface area contributed by atoms with Crippen molar-refractivity contribution in [3.63, 3.8) is 0 Å². The molecule has 0 bridgehead atoms. The molecule has 106 valence electrons. The number of carboxylic acids is 1. The van der Waals surface area contributed by atoms with Gasteiger partial charge < -0.3 is 10.8 Å². The average Bonchev–Trinajstić information content (AvgIpc) is 2.87. The number of benzene rings is 1. The van der Waals surface area contributed by atoms with E-state index in [0.717, 1.165) is 5.56 Å². The van der Waals surface area contributed by atoms with Crippen molar-refractivity contribution in [1.29, 1.82) is 0 Å². The van der Waals surface area contributed by atoms with Crippen LogP contribution in [0.15, 0.2) is 41.7 Å². The van der Waals surface area contributed by atoms with Gasteiger partial charge in [-0.15, -0.1) is 0 Å². The smallest absolute Gasteiger partial charge is 0.320 e. The van der Waals surface area contributed by atoms with Crippen molar-refractivity contribution in [2.24, 2.45) is 5.73 Å². The number of imidazole rings is 1. The zero-order valence-corrected chi connectivity index (χ0v) is 11.7. The van der Waals surface area contributed by atoms with Crippen LogP contribution in [0.2, 0.25) is 0 Å². The van der Waals surface area contributed by atoms with Crippen LogP contribution in [0.25, 0.3) is 0 Å². The van der Waals surface area contributed by atoms with Gasteiger partial charge in [0.2, 0.25) is 0 Å². The molecule has 0 radical (unpaired) electrons. The molecule has 0 aliphatic rings. The van der Waals surface area contributed by atoms with Crippen LogP contribution in [-0.2, 0) is 22.2 Å². The molecule has 7 heteroatoms. The van der Waals surface area contributed by atoms with E-state index in [-0.39, 0.29) is 6.42 Å². The molecular formula is C13H15N3O3S. The lowest BCUT2D eigenvalue weighted by Crippen LogP contribution is -2.32. The van der Waals surface area contributed by atoms with Gasteiger partial charge in [-0.3, -0.25) is 8.77 Å². The highest BCUT2D eigenvalue weighted by Crippen LogP contribution is 2.11. The summed E-state index contributed by atoms with van der Waals surface area (Å²) in [5.41, 5.74) is 7.02. The summed E-state index contributed by atoms with van der Waals surface area (Å²) < 4.78 is 13.7. The van der Waals surface area contributed by atoms with Crippen LogP contribution in [0.5, 0.6) is 0 Å². The third-order valence-corrected chi connectivity index (χ3v) is 4.03. The fourth-order valence-electron chi connectivity index (χ4n) is 1.63. The monoisotopic (exact) mass is 293 g/mol. The number of rotatable bonds is 5. The van der Waals surface area contributed by atoms with Crippen LogP contribution in [0.3, 0.4) is 0 Å². The van der Waals surface area contributed by atoms with E-state index in [1.807, 2.05) is 19.1 Å². The maximum atomic E-state index is 12.3. The summed E-state index contributed by atoms with van der Waals surface area (Å²) in [5.74, 6) is -1.08. The molecule has 0 aliphatic heterocycles. The zero-order valence-electron chi connectivity index (χ0n) is 10.9. The van der Waals surface area contributed by atoms with Crippen molar-refractivity contribution >= 4 is 17.0 Å². The quantitative estimate of drug-likeness (QED) is 0.846. The molecule has 0 saturated carbocycles. The molecule has 20 heavy (non-hydrogen) atoms. The van der Waals surface area contributed by atoms with Gasteiger partial charge in [-0.25, -0.2) is 9.19 Å². The molecule has 0 aliphatic carbocycles. The fraction of sp³-hybridized carbons (Fsp3) is 0.231. The van der Waals surface area contributed by atoms with Gasteiger partial charge in [0.1, 0.15) is 12.4 Å². The molecule has 1 heterocycles. The molecule has 2 aromatic rings. The van der Waals surface area contributed by atoms with Gasteiger partial charge in [-0.05, 0) is 19.1 Å². The number of hydrogen-bond donors (Lipinski definition) is 2. The number of hydrogen-bond acceptors (Lipinski definition) is 4. The second kappa shape index (κ2) is 5.98. The minimum absolute atomic E-state index is 0.105. The lowest BCUT2D eigenvalue weighted by molar-refractivity contribution is -0.138. The Morgan fingerprint density at radius 3 is 2.70 bits per heavy atom. The van der Waals surface area contributed by atoms with E-state index in [4.69, 9.17) is 10.8 Å². The summed E-state index contributed by atoms with van der Waals surface area (Å²) in [4.78, 5) is 15.4. The highest BCUT2D eigenvalue weighted by molar-refractivity contribution is 7.83. The molecule has 0 spiro atoms. The summed E-state index contributed by atoms with van der Waals surface area (Å²) >= 11 is 0.